The molecule has 2 amide bonds. The molecule has 0 spiro atoms. The van der Waals surface area contributed by atoms with E-state index in [2.05, 4.69) is 10.3 Å². The van der Waals surface area contributed by atoms with Gasteiger partial charge in [0.1, 0.15) is 17.5 Å². The van der Waals surface area contributed by atoms with Crippen LogP contribution in [0.4, 0.5) is 15.4 Å². The summed E-state index contributed by atoms with van der Waals surface area (Å²) in [5, 5.41) is 12.6. The molecule has 2 aromatic rings. The molecule has 0 fully saturated rings. The Balaban J connectivity index is 1.56. The third kappa shape index (κ3) is 7.57. The van der Waals surface area contributed by atoms with Crippen LogP contribution in [0.3, 0.4) is 0 Å². The van der Waals surface area contributed by atoms with Crippen LogP contribution in [-0.2, 0) is 33.5 Å². The summed E-state index contributed by atoms with van der Waals surface area (Å²) < 4.78 is 15.9. The van der Waals surface area contributed by atoms with Gasteiger partial charge in [-0.15, -0.1) is 11.3 Å². The van der Waals surface area contributed by atoms with Crippen molar-refractivity contribution in [3.05, 3.63) is 40.4 Å². The normalized spacial score (nSPS) is 14.0. The van der Waals surface area contributed by atoms with Gasteiger partial charge in [-0.2, -0.15) is 0 Å². The highest BCUT2D eigenvalue weighted by atomic mass is 32.1. The summed E-state index contributed by atoms with van der Waals surface area (Å²) >= 11 is 1.36. The second kappa shape index (κ2) is 11.4. The van der Waals surface area contributed by atoms with Gasteiger partial charge >= 0.3 is 18.2 Å². The van der Waals surface area contributed by atoms with Crippen LogP contribution in [0.5, 0.6) is 5.06 Å². The van der Waals surface area contributed by atoms with E-state index in [1.807, 2.05) is 18.2 Å². The maximum absolute atomic E-state index is 12.2. The predicted molar refractivity (Wildman–Crippen MR) is 130 cm³/mol. The lowest BCUT2D eigenvalue weighted by Crippen LogP contribution is -2.45. The highest BCUT2D eigenvalue weighted by Gasteiger charge is 2.26. The number of anilines is 1. The Morgan fingerprint density at radius 1 is 1.23 bits per heavy atom. The van der Waals surface area contributed by atoms with Crippen LogP contribution in [0.1, 0.15) is 43.3 Å². The molecule has 0 saturated carbocycles. The van der Waals surface area contributed by atoms with Gasteiger partial charge in [0.2, 0.25) is 0 Å². The second-order valence-corrected chi connectivity index (χ2v) is 10.2. The van der Waals surface area contributed by atoms with Gasteiger partial charge in [0.15, 0.2) is 5.06 Å². The molecule has 1 aliphatic rings. The number of esters is 1. The Hall–Kier alpha value is -3.34. The highest BCUT2D eigenvalue weighted by molar-refractivity contribution is 7.13. The molecule has 1 aliphatic heterocycles. The number of hydrogen-bond donors (Lipinski definition) is 2. The molecular formula is C24H31N3O7S. The van der Waals surface area contributed by atoms with Gasteiger partial charge in [0, 0.05) is 30.0 Å². The number of carbonyl (C=O) groups excluding carboxylic acids is 2. The highest BCUT2D eigenvalue weighted by Crippen LogP contribution is 2.27. The zero-order valence-corrected chi connectivity index (χ0v) is 21.1. The maximum atomic E-state index is 12.2. The van der Waals surface area contributed by atoms with E-state index in [1.165, 1.54) is 23.3 Å². The lowest BCUT2D eigenvalue weighted by Gasteiger charge is -2.26. The minimum absolute atomic E-state index is 0.233. The fourth-order valence-corrected chi connectivity index (χ4v) is 4.52. The fourth-order valence-electron chi connectivity index (χ4n) is 3.59. The number of alkyl carbamates (subject to hydrolysis) is 1. The van der Waals surface area contributed by atoms with E-state index in [4.69, 9.17) is 14.2 Å². The number of ether oxygens (including phenoxy) is 3. The minimum atomic E-state index is -0.996. The molecule has 2 aromatic heterocycles. The van der Waals surface area contributed by atoms with E-state index >= 15 is 0 Å². The number of pyridine rings is 1. The Bertz CT molecular complexity index is 1060. The summed E-state index contributed by atoms with van der Waals surface area (Å²) in [4.78, 5) is 42.4. The smallest absolute Gasteiger partial charge is 0.413 e. The van der Waals surface area contributed by atoms with E-state index in [1.54, 1.807) is 26.8 Å². The van der Waals surface area contributed by atoms with Crippen molar-refractivity contribution in [3.8, 4) is 5.06 Å². The number of fused-ring (bicyclic) bond motifs is 1. The van der Waals surface area contributed by atoms with Crippen molar-refractivity contribution in [2.24, 2.45) is 0 Å². The quantitative estimate of drug-likeness (QED) is 0.519. The molecule has 0 aromatic carbocycles. The number of thiophene rings is 1. The van der Waals surface area contributed by atoms with Gasteiger partial charge in [-0.25, -0.2) is 19.4 Å². The van der Waals surface area contributed by atoms with Gasteiger partial charge in [0.25, 0.3) is 0 Å². The topological polar surface area (TPSA) is 127 Å². The Labute approximate surface area is 208 Å². The summed E-state index contributed by atoms with van der Waals surface area (Å²) in [6.07, 6.45) is 0.658. The van der Waals surface area contributed by atoms with E-state index in [0.717, 1.165) is 29.0 Å². The molecule has 0 aliphatic carbocycles. The molecule has 190 valence electrons. The molecule has 35 heavy (non-hydrogen) atoms. The molecule has 10 nitrogen and oxygen atoms in total. The number of amides is 2. The fraction of sp³-hybridized carbons (Fsp3) is 0.500. The van der Waals surface area contributed by atoms with Crippen LogP contribution >= 0.6 is 11.3 Å². The van der Waals surface area contributed by atoms with Crippen molar-refractivity contribution < 1.29 is 33.7 Å². The van der Waals surface area contributed by atoms with Crippen LogP contribution < -0.4 is 15.0 Å². The lowest BCUT2D eigenvalue weighted by molar-refractivity contribution is -0.143. The zero-order valence-electron chi connectivity index (χ0n) is 20.3. The van der Waals surface area contributed by atoms with E-state index < -0.39 is 29.8 Å². The summed E-state index contributed by atoms with van der Waals surface area (Å²) in [5.74, 6) is -0.0633. The molecule has 0 saturated heterocycles. The Morgan fingerprint density at radius 2 is 2.00 bits per heavy atom. The first-order chi connectivity index (χ1) is 16.6. The number of hydrogen-bond acceptors (Lipinski definition) is 8. The molecule has 3 heterocycles. The van der Waals surface area contributed by atoms with Crippen molar-refractivity contribution in [1.82, 2.24) is 10.3 Å². The summed E-state index contributed by atoms with van der Waals surface area (Å²) in [6, 6.07) is 6.57. The van der Waals surface area contributed by atoms with Crippen molar-refractivity contribution in [1.29, 1.82) is 0 Å². The molecule has 0 unspecified atom stereocenters. The summed E-state index contributed by atoms with van der Waals surface area (Å²) in [7, 11) is 1.26. The number of aryl methyl sites for hydroxylation is 1. The first-order valence-electron chi connectivity index (χ1n) is 11.3. The van der Waals surface area contributed by atoms with Crippen LogP contribution in [0, 0.1) is 0 Å². The average molecular weight is 506 g/mol. The van der Waals surface area contributed by atoms with Gasteiger partial charge in [-0.05, 0) is 57.4 Å². The molecule has 11 heteroatoms. The van der Waals surface area contributed by atoms with Gasteiger partial charge in [-0.1, -0.05) is 6.07 Å². The number of rotatable bonds is 8. The lowest BCUT2D eigenvalue weighted by atomic mass is 10.1. The molecule has 3 rings (SSSR count). The van der Waals surface area contributed by atoms with Crippen molar-refractivity contribution >= 4 is 35.3 Å². The third-order valence-corrected chi connectivity index (χ3v) is 6.17. The Morgan fingerprint density at radius 3 is 2.69 bits per heavy atom. The number of nitrogens with one attached hydrogen (secondary N) is 1. The standard InChI is InChI=1S/C24H31N3O7S/c1-24(2,3)34-22(29)26-18(21(28)32-4)14-17-9-10-19(35-17)33-13-11-16-8-7-15-6-5-12-27(23(30)31)20(15)25-16/h7-10,18H,5-6,11-14H2,1-4H3,(H,26,29)(H,30,31)/t18-/m0/s1. The van der Waals surface area contributed by atoms with Crippen molar-refractivity contribution in [3.63, 3.8) is 0 Å². The summed E-state index contributed by atoms with van der Waals surface area (Å²) in [6.45, 7) is 6.03. The van der Waals surface area contributed by atoms with Gasteiger partial charge < -0.3 is 24.6 Å². The predicted octanol–water partition coefficient (Wildman–Crippen LogP) is 3.80. The SMILES string of the molecule is COC(=O)[C@H](Cc1ccc(OCCc2ccc3c(n2)N(C(=O)O)CCC3)s1)NC(=O)OC(C)(C)C. The van der Waals surface area contributed by atoms with Gasteiger partial charge in [-0.3, -0.25) is 4.90 Å². The molecule has 1 atom stereocenters. The van der Waals surface area contributed by atoms with E-state index in [-0.39, 0.29) is 6.42 Å². The van der Waals surface area contributed by atoms with Crippen LogP contribution in [-0.4, -0.2) is 60.2 Å². The van der Waals surface area contributed by atoms with Crippen molar-refractivity contribution in [2.45, 2.75) is 58.1 Å². The zero-order chi connectivity index (χ0) is 25.6. The number of aromatic nitrogens is 1. The van der Waals surface area contributed by atoms with Crippen molar-refractivity contribution in [2.75, 3.05) is 25.2 Å². The summed E-state index contributed by atoms with van der Waals surface area (Å²) in [5.41, 5.74) is 1.00. The number of carbonyl (C=O) groups is 3. The first-order valence-corrected chi connectivity index (χ1v) is 12.2. The van der Waals surface area contributed by atoms with Gasteiger partial charge in [0.05, 0.1) is 13.7 Å². The van der Waals surface area contributed by atoms with Crippen LogP contribution in [0.25, 0.3) is 0 Å². The third-order valence-electron chi connectivity index (χ3n) is 5.15. The minimum Gasteiger partial charge on any atom is -0.484 e. The Kier molecular flexibility index (Phi) is 8.55. The first kappa shape index (κ1) is 26.3. The van der Waals surface area contributed by atoms with Crippen LogP contribution in [0.2, 0.25) is 0 Å². The average Bonchev–Trinajstić information content (AvgIpc) is 3.23. The number of carboxylic acid groups (broad SMARTS) is 1. The number of nitrogens with zero attached hydrogens (tertiary/aromatic N) is 2. The molecule has 2 N–H and O–H groups in total. The number of methoxy groups -OCH3 is 1. The second-order valence-electron chi connectivity index (χ2n) is 9.07. The maximum Gasteiger partial charge on any atom is 0.413 e. The molecule has 0 radical (unpaired) electrons. The largest absolute Gasteiger partial charge is 0.484 e. The monoisotopic (exact) mass is 505 g/mol. The van der Waals surface area contributed by atoms with E-state index in [0.29, 0.717) is 30.5 Å². The van der Waals surface area contributed by atoms with E-state index in [9.17, 15) is 19.5 Å². The molecular weight excluding hydrogens is 474 g/mol. The molecule has 0 bridgehead atoms. The van der Waals surface area contributed by atoms with Crippen LogP contribution in [0.15, 0.2) is 24.3 Å².